The summed E-state index contributed by atoms with van der Waals surface area (Å²) in [4.78, 5) is 13.4. The Labute approximate surface area is 211 Å². The van der Waals surface area contributed by atoms with Crippen LogP contribution < -0.4 is 15.8 Å². The lowest BCUT2D eigenvalue weighted by Crippen LogP contribution is -2.29. The van der Waals surface area contributed by atoms with Gasteiger partial charge >= 0.3 is 0 Å². The second kappa shape index (κ2) is 8.32. The Morgan fingerprint density at radius 2 is 2.03 bits per heavy atom. The minimum absolute atomic E-state index is 0.0721. The van der Waals surface area contributed by atoms with Crippen LogP contribution in [0.2, 0.25) is 0 Å². The second-order valence-electron chi connectivity index (χ2n) is 9.58. The molecule has 10 heteroatoms. The van der Waals surface area contributed by atoms with Crippen LogP contribution in [0.1, 0.15) is 26.3 Å². The van der Waals surface area contributed by atoms with Crippen LogP contribution in [0.5, 0.6) is 5.75 Å². The predicted molar refractivity (Wildman–Crippen MR) is 137 cm³/mol. The largest absolute Gasteiger partial charge is 0.493 e. The second-order valence-corrected chi connectivity index (χ2v) is 10.4. The fourth-order valence-corrected chi connectivity index (χ4v) is 5.69. The number of nitrogens with one attached hydrogen (secondary N) is 1. The van der Waals surface area contributed by atoms with Crippen molar-refractivity contribution in [1.82, 2.24) is 19.5 Å². The topological polar surface area (TPSA) is 109 Å². The lowest BCUT2D eigenvalue weighted by molar-refractivity contribution is -0.161. The number of anilines is 2. The van der Waals surface area contributed by atoms with Gasteiger partial charge in [-0.25, -0.2) is 15.0 Å². The number of benzene rings is 1. The molecule has 1 aliphatic carbocycles. The molecule has 1 aliphatic heterocycles. The third-order valence-electron chi connectivity index (χ3n) is 6.89. The van der Waals surface area contributed by atoms with Gasteiger partial charge in [0.2, 0.25) is 0 Å². The van der Waals surface area contributed by atoms with Crippen molar-refractivity contribution in [2.45, 2.75) is 44.3 Å². The summed E-state index contributed by atoms with van der Waals surface area (Å²) in [5.41, 5.74) is 7.65. The van der Waals surface area contributed by atoms with Gasteiger partial charge in [-0.2, -0.15) is 0 Å². The molecule has 0 amide bonds. The summed E-state index contributed by atoms with van der Waals surface area (Å²) in [6.45, 7) is 4.43. The molecule has 35 heavy (non-hydrogen) atoms. The zero-order valence-corrected chi connectivity index (χ0v) is 21.3. The molecule has 1 saturated carbocycles. The molecule has 182 valence electrons. The molecule has 2 aliphatic rings. The van der Waals surface area contributed by atoms with E-state index in [1.54, 1.807) is 6.33 Å². The van der Waals surface area contributed by atoms with Gasteiger partial charge in [-0.15, -0.1) is 0 Å². The highest BCUT2D eigenvalue weighted by Crippen LogP contribution is 2.48. The van der Waals surface area contributed by atoms with Gasteiger partial charge in [0.25, 0.3) is 0 Å². The maximum Gasteiger partial charge on any atom is 0.163 e. The standard InChI is InChI=1S/C25H27BrN6O3/c1-25(2)34-20-14(11-33-15-5-4-13-8-17(26)22(27)31-18(13)10-15)9-19(21(20)35-25)32-7-6-16-23(28-3)29-12-30-24(16)32/h4-8,10,12,14,19-21H,9,11H2,1-3H3,(H2,27,31)(H,28,29,30)/t14-,19-,20-,21+/m1/s1. The van der Waals surface area contributed by atoms with Crippen LogP contribution in [-0.2, 0) is 9.47 Å². The van der Waals surface area contributed by atoms with E-state index in [1.165, 1.54) is 0 Å². The fraction of sp³-hybridized carbons (Fsp3) is 0.400. The van der Waals surface area contributed by atoms with E-state index >= 15 is 0 Å². The van der Waals surface area contributed by atoms with Gasteiger partial charge < -0.3 is 29.8 Å². The zero-order chi connectivity index (χ0) is 24.3. The van der Waals surface area contributed by atoms with Gasteiger partial charge in [0.15, 0.2) is 5.79 Å². The van der Waals surface area contributed by atoms with Gasteiger partial charge in [0, 0.05) is 30.6 Å². The van der Waals surface area contributed by atoms with Crippen LogP contribution in [0.4, 0.5) is 11.6 Å². The van der Waals surface area contributed by atoms with Gasteiger partial charge in [-0.05, 0) is 60.5 Å². The summed E-state index contributed by atoms with van der Waals surface area (Å²) in [5.74, 6) is 1.51. The smallest absolute Gasteiger partial charge is 0.163 e. The Bertz CT molecular complexity index is 1420. The van der Waals surface area contributed by atoms with E-state index in [2.05, 4.69) is 47.0 Å². The summed E-state index contributed by atoms with van der Waals surface area (Å²) in [5, 5.41) is 5.13. The molecule has 3 aromatic heterocycles. The van der Waals surface area contributed by atoms with Gasteiger partial charge in [-0.1, -0.05) is 0 Å². The quantitative estimate of drug-likeness (QED) is 0.381. The summed E-state index contributed by atoms with van der Waals surface area (Å²) < 4.78 is 22.0. The van der Waals surface area contributed by atoms with Crippen LogP contribution in [-0.4, -0.2) is 51.2 Å². The van der Waals surface area contributed by atoms with E-state index in [9.17, 15) is 0 Å². The fourth-order valence-electron chi connectivity index (χ4n) is 5.36. The molecule has 9 nitrogen and oxygen atoms in total. The number of pyridine rings is 1. The Morgan fingerprint density at radius 3 is 2.86 bits per heavy atom. The maximum absolute atomic E-state index is 6.39. The molecule has 4 heterocycles. The number of hydrogen-bond acceptors (Lipinski definition) is 8. The van der Waals surface area contributed by atoms with Gasteiger partial charge in [0.05, 0.1) is 34.1 Å². The van der Waals surface area contributed by atoms with Crippen molar-refractivity contribution in [1.29, 1.82) is 0 Å². The van der Waals surface area contributed by atoms with E-state index in [0.29, 0.717) is 12.4 Å². The first-order chi connectivity index (χ1) is 16.8. The van der Waals surface area contributed by atoms with Gasteiger partial charge in [-0.3, -0.25) is 0 Å². The number of nitrogens with two attached hydrogens (primary N) is 1. The Morgan fingerprint density at radius 1 is 1.20 bits per heavy atom. The summed E-state index contributed by atoms with van der Waals surface area (Å²) >= 11 is 3.43. The molecular weight excluding hydrogens is 512 g/mol. The molecule has 0 spiro atoms. The molecule has 0 unspecified atom stereocenters. The first-order valence-electron chi connectivity index (χ1n) is 11.7. The number of ether oxygens (including phenoxy) is 3. The number of fused-ring (bicyclic) bond motifs is 3. The number of halogens is 1. The van der Waals surface area contributed by atoms with E-state index < -0.39 is 5.79 Å². The molecule has 1 saturated heterocycles. The van der Waals surface area contributed by atoms with E-state index in [-0.39, 0.29) is 24.2 Å². The minimum Gasteiger partial charge on any atom is -0.493 e. The zero-order valence-electron chi connectivity index (χ0n) is 19.7. The van der Waals surface area contributed by atoms with Crippen molar-refractivity contribution < 1.29 is 14.2 Å². The SMILES string of the molecule is CNc1ncnc2c1ccn2[C@@H]1C[C@H](COc2ccc3cc(Br)c(N)nc3c2)[C@H]2OC(C)(C)O[C@H]21. The monoisotopic (exact) mass is 538 g/mol. The molecule has 3 N–H and O–H groups in total. The first kappa shape index (κ1) is 22.5. The van der Waals surface area contributed by atoms with Crippen LogP contribution >= 0.6 is 15.9 Å². The summed E-state index contributed by atoms with van der Waals surface area (Å²) in [7, 11) is 1.87. The third-order valence-corrected chi connectivity index (χ3v) is 7.52. The minimum atomic E-state index is -0.655. The van der Waals surface area contributed by atoms with E-state index in [1.807, 2.05) is 51.2 Å². The number of rotatable bonds is 5. The normalized spacial score (nSPS) is 25.3. The molecule has 0 radical (unpaired) electrons. The van der Waals surface area contributed by atoms with Gasteiger partial charge in [0.1, 0.15) is 35.5 Å². The molecule has 4 aromatic rings. The highest BCUT2D eigenvalue weighted by molar-refractivity contribution is 9.10. The number of nitrogen functional groups attached to an aromatic ring is 1. The van der Waals surface area contributed by atoms with E-state index in [0.717, 1.165) is 44.4 Å². The van der Waals surface area contributed by atoms with Crippen molar-refractivity contribution in [3.8, 4) is 5.75 Å². The lowest BCUT2D eigenvalue weighted by atomic mass is 10.1. The van der Waals surface area contributed by atoms with Crippen molar-refractivity contribution >= 4 is 49.5 Å². The van der Waals surface area contributed by atoms with Crippen molar-refractivity contribution in [3.63, 3.8) is 0 Å². The number of nitrogens with zero attached hydrogens (tertiary/aromatic N) is 4. The predicted octanol–water partition coefficient (Wildman–Crippen LogP) is 4.53. The Hall–Kier alpha value is -2.95. The van der Waals surface area contributed by atoms with Crippen molar-refractivity contribution in [2.75, 3.05) is 24.7 Å². The van der Waals surface area contributed by atoms with Crippen molar-refractivity contribution in [3.05, 3.63) is 47.3 Å². The van der Waals surface area contributed by atoms with Crippen LogP contribution in [0.3, 0.4) is 0 Å². The average Bonchev–Trinajstić information content (AvgIpc) is 3.49. The molecule has 2 fully saturated rings. The number of aromatic nitrogens is 4. The highest BCUT2D eigenvalue weighted by Gasteiger charge is 2.55. The molecule has 4 atom stereocenters. The van der Waals surface area contributed by atoms with E-state index in [4.69, 9.17) is 19.9 Å². The molecule has 0 bridgehead atoms. The van der Waals surface area contributed by atoms with Crippen LogP contribution in [0, 0.1) is 5.92 Å². The summed E-state index contributed by atoms with van der Waals surface area (Å²) in [6.07, 6.45) is 4.32. The average molecular weight is 539 g/mol. The Kier molecular flexibility index (Phi) is 5.35. The third kappa shape index (κ3) is 3.89. The van der Waals surface area contributed by atoms with Crippen molar-refractivity contribution in [2.24, 2.45) is 5.92 Å². The molecule has 6 rings (SSSR count). The Balaban J connectivity index is 1.27. The molecular formula is C25H27BrN6O3. The number of hydrogen-bond donors (Lipinski definition) is 2. The van der Waals surface area contributed by atoms with Crippen LogP contribution in [0.25, 0.3) is 21.9 Å². The first-order valence-corrected chi connectivity index (χ1v) is 12.5. The lowest BCUT2D eigenvalue weighted by Gasteiger charge is -2.24. The maximum atomic E-state index is 6.39. The molecule has 1 aromatic carbocycles. The highest BCUT2D eigenvalue weighted by atomic mass is 79.9. The van der Waals surface area contributed by atoms with Crippen LogP contribution in [0.15, 0.2) is 47.3 Å². The summed E-state index contributed by atoms with van der Waals surface area (Å²) in [6, 6.07) is 9.96.